The van der Waals surface area contributed by atoms with Crippen molar-refractivity contribution in [1.82, 2.24) is 10.2 Å². The number of carbonyl (C=O) groups excluding carboxylic acids is 1. The number of aromatic nitrogens is 2. The Morgan fingerprint density at radius 2 is 1.89 bits per heavy atom. The van der Waals surface area contributed by atoms with Crippen molar-refractivity contribution in [2.75, 3.05) is 13.7 Å². The summed E-state index contributed by atoms with van der Waals surface area (Å²) in [5, 5.41) is 7.98. The van der Waals surface area contributed by atoms with Crippen molar-refractivity contribution >= 4 is 5.97 Å². The van der Waals surface area contributed by atoms with Crippen LogP contribution in [0.25, 0.3) is 11.5 Å². The van der Waals surface area contributed by atoms with Gasteiger partial charge in [-0.1, -0.05) is 18.2 Å². The third kappa shape index (κ3) is 4.25. The van der Waals surface area contributed by atoms with Crippen LogP contribution in [0.15, 0.2) is 52.9 Å². The van der Waals surface area contributed by atoms with Gasteiger partial charge in [-0.25, -0.2) is 4.79 Å². The van der Waals surface area contributed by atoms with E-state index in [1.807, 2.05) is 37.3 Å². The fraction of sp³-hybridized carbons (Fsp3) is 0.250. The minimum absolute atomic E-state index is 0.222. The molecule has 1 atom stereocenters. The maximum atomic E-state index is 12.4. The van der Waals surface area contributed by atoms with Crippen molar-refractivity contribution in [2.45, 2.75) is 20.0 Å². The van der Waals surface area contributed by atoms with Gasteiger partial charge in [0.25, 0.3) is 5.89 Å². The number of methoxy groups -OCH3 is 1. The third-order valence-electron chi connectivity index (χ3n) is 3.79. The fourth-order valence-electron chi connectivity index (χ4n) is 2.44. The van der Waals surface area contributed by atoms with Crippen LogP contribution in [-0.4, -0.2) is 29.9 Å². The van der Waals surface area contributed by atoms with E-state index in [0.717, 1.165) is 5.56 Å². The van der Waals surface area contributed by atoms with Crippen molar-refractivity contribution in [3.8, 4) is 23.0 Å². The lowest BCUT2D eigenvalue weighted by Crippen LogP contribution is -2.10. The summed E-state index contributed by atoms with van der Waals surface area (Å²) in [7, 11) is 1.51. The van der Waals surface area contributed by atoms with Crippen LogP contribution in [0.4, 0.5) is 0 Å². The van der Waals surface area contributed by atoms with Gasteiger partial charge in [0.05, 0.1) is 19.3 Å². The van der Waals surface area contributed by atoms with Gasteiger partial charge in [-0.05, 0) is 44.2 Å². The van der Waals surface area contributed by atoms with Crippen LogP contribution in [0.3, 0.4) is 0 Å². The average molecular weight is 368 g/mol. The first kappa shape index (κ1) is 18.4. The second-order valence-electron chi connectivity index (χ2n) is 5.66. The zero-order valence-corrected chi connectivity index (χ0v) is 15.3. The number of esters is 1. The van der Waals surface area contributed by atoms with Crippen LogP contribution >= 0.6 is 0 Å². The van der Waals surface area contributed by atoms with E-state index in [0.29, 0.717) is 29.6 Å². The van der Waals surface area contributed by atoms with Gasteiger partial charge in [-0.3, -0.25) is 0 Å². The zero-order chi connectivity index (χ0) is 19.2. The van der Waals surface area contributed by atoms with Gasteiger partial charge >= 0.3 is 5.97 Å². The van der Waals surface area contributed by atoms with Gasteiger partial charge in [0.1, 0.15) is 0 Å². The van der Waals surface area contributed by atoms with E-state index < -0.39 is 12.1 Å². The molecule has 0 fully saturated rings. The minimum Gasteiger partial charge on any atom is -0.493 e. The number of rotatable bonds is 7. The monoisotopic (exact) mass is 368 g/mol. The first-order chi connectivity index (χ1) is 13.1. The van der Waals surface area contributed by atoms with Crippen molar-refractivity contribution < 1.29 is 23.4 Å². The van der Waals surface area contributed by atoms with Gasteiger partial charge in [0.15, 0.2) is 17.6 Å². The second kappa shape index (κ2) is 8.35. The molecule has 0 aliphatic rings. The van der Waals surface area contributed by atoms with E-state index in [4.69, 9.17) is 18.6 Å². The topological polar surface area (TPSA) is 83.7 Å². The van der Waals surface area contributed by atoms with Crippen molar-refractivity contribution in [2.24, 2.45) is 0 Å². The molecular formula is C20H20N2O5. The third-order valence-corrected chi connectivity index (χ3v) is 3.79. The molecule has 0 saturated heterocycles. The lowest BCUT2D eigenvalue weighted by molar-refractivity contribution is 0.0279. The molecule has 0 spiro atoms. The van der Waals surface area contributed by atoms with Crippen LogP contribution in [-0.2, 0) is 4.74 Å². The molecule has 27 heavy (non-hydrogen) atoms. The maximum absolute atomic E-state index is 12.4. The summed E-state index contributed by atoms with van der Waals surface area (Å²) < 4.78 is 21.8. The fourth-order valence-corrected chi connectivity index (χ4v) is 2.44. The molecule has 3 aromatic rings. The number of nitrogens with zero attached hydrogens (tertiary/aromatic N) is 2. The molecule has 0 aliphatic carbocycles. The molecule has 0 unspecified atom stereocenters. The number of hydrogen-bond donors (Lipinski definition) is 0. The van der Waals surface area contributed by atoms with Gasteiger partial charge in [0, 0.05) is 5.56 Å². The Hall–Kier alpha value is -3.35. The zero-order valence-electron chi connectivity index (χ0n) is 15.3. The molecule has 0 radical (unpaired) electrons. The van der Waals surface area contributed by atoms with Crippen LogP contribution in [0.2, 0.25) is 0 Å². The van der Waals surface area contributed by atoms with E-state index in [2.05, 4.69) is 10.2 Å². The van der Waals surface area contributed by atoms with Crippen LogP contribution in [0.5, 0.6) is 11.5 Å². The predicted molar refractivity (Wildman–Crippen MR) is 97.7 cm³/mol. The summed E-state index contributed by atoms with van der Waals surface area (Å²) in [6.45, 7) is 4.04. The minimum atomic E-state index is -0.694. The number of benzene rings is 2. The summed E-state index contributed by atoms with van der Waals surface area (Å²) in [5.74, 6) is 1.09. The van der Waals surface area contributed by atoms with Crippen LogP contribution in [0, 0.1) is 0 Å². The molecule has 7 nitrogen and oxygen atoms in total. The molecular weight excluding hydrogens is 348 g/mol. The SMILES string of the molecule is CCOc1ccc(C(=O)O[C@@H](C)c2nnc(-c3ccccc3)o2)cc1OC. The Labute approximate surface area is 156 Å². The summed E-state index contributed by atoms with van der Waals surface area (Å²) >= 11 is 0. The largest absolute Gasteiger partial charge is 0.493 e. The highest BCUT2D eigenvalue weighted by Gasteiger charge is 2.21. The van der Waals surface area contributed by atoms with Crippen molar-refractivity contribution in [3.05, 3.63) is 60.0 Å². The molecule has 0 aliphatic heterocycles. The van der Waals surface area contributed by atoms with E-state index >= 15 is 0 Å². The van der Waals surface area contributed by atoms with Gasteiger partial charge in [-0.15, -0.1) is 10.2 Å². The van der Waals surface area contributed by atoms with E-state index in [1.54, 1.807) is 25.1 Å². The van der Waals surface area contributed by atoms with E-state index in [1.165, 1.54) is 7.11 Å². The average Bonchev–Trinajstić information content (AvgIpc) is 3.19. The molecule has 0 bridgehead atoms. The lowest BCUT2D eigenvalue weighted by Gasteiger charge is -2.12. The molecule has 1 aromatic heterocycles. The van der Waals surface area contributed by atoms with Crippen LogP contribution in [0.1, 0.15) is 36.2 Å². The normalized spacial score (nSPS) is 11.7. The molecule has 0 N–H and O–H groups in total. The molecule has 1 heterocycles. The van der Waals surface area contributed by atoms with Crippen molar-refractivity contribution in [3.63, 3.8) is 0 Å². The lowest BCUT2D eigenvalue weighted by atomic mass is 10.2. The molecule has 2 aromatic carbocycles. The second-order valence-corrected chi connectivity index (χ2v) is 5.66. The first-order valence-corrected chi connectivity index (χ1v) is 8.53. The smallest absolute Gasteiger partial charge is 0.339 e. The Morgan fingerprint density at radius 3 is 2.59 bits per heavy atom. The maximum Gasteiger partial charge on any atom is 0.339 e. The van der Waals surface area contributed by atoms with Crippen LogP contribution < -0.4 is 9.47 Å². The highest BCUT2D eigenvalue weighted by atomic mass is 16.6. The predicted octanol–water partition coefficient (Wildman–Crippen LogP) is 4.06. The molecule has 0 saturated carbocycles. The standard InChI is InChI=1S/C20H20N2O5/c1-4-25-16-11-10-15(12-17(16)24-3)20(23)26-13(2)18-21-22-19(27-18)14-8-6-5-7-9-14/h5-13H,4H2,1-3H3/t13-/m0/s1. The number of hydrogen-bond acceptors (Lipinski definition) is 7. The van der Waals surface area contributed by atoms with Gasteiger partial charge in [-0.2, -0.15) is 0 Å². The van der Waals surface area contributed by atoms with Gasteiger partial charge in [0.2, 0.25) is 5.89 Å². The highest BCUT2D eigenvalue weighted by Crippen LogP contribution is 2.29. The summed E-state index contributed by atoms with van der Waals surface area (Å²) in [6, 6.07) is 14.2. The number of ether oxygens (including phenoxy) is 3. The van der Waals surface area contributed by atoms with Gasteiger partial charge < -0.3 is 18.6 Å². The highest BCUT2D eigenvalue weighted by molar-refractivity contribution is 5.90. The van der Waals surface area contributed by atoms with E-state index in [9.17, 15) is 4.79 Å². The van der Waals surface area contributed by atoms with Crippen molar-refractivity contribution in [1.29, 1.82) is 0 Å². The summed E-state index contributed by atoms with van der Waals surface area (Å²) in [4.78, 5) is 12.4. The number of carbonyl (C=O) groups is 1. The quantitative estimate of drug-likeness (QED) is 0.581. The summed E-state index contributed by atoms with van der Waals surface area (Å²) in [5.41, 5.74) is 1.14. The Bertz CT molecular complexity index is 908. The summed E-state index contributed by atoms with van der Waals surface area (Å²) in [6.07, 6.45) is -0.694. The molecule has 0 amide bonds. The molecule has 140 valence electrons. The Kier molecular flexibility index (Phi) is 5.71. The molecule has 3 rings (SSSR count). The van der Waals surface area contributed by atoms with E-state index in [-0.39, 0.29) is 5.89 Å². The Morgan fingerprint density at radius 1 is 1.11 bits per heavy atom. The first-order valence-electron chi connectivity index (χ1n) is 8.53. The Balaban J connectivity index is 1.72. The molecule has 7 heteroatoms.